The fraction of sp³-hybridized carbons (Fsp3) is 0.481. The van der Waals surface area contributed by atoms with Crippen molar-refractivity contribution in [3.05, 3.63) is 72.9 Å². The summed E-state index contributed by atoms with van der Waals surface area (Å²) in [5, 5.41) is 9.09. The van der Waals surface area contributed by atoms with E-state index in [4.69, 9.17) is 9.84 Å². The molecule has 0 saturated heterocycles. The minimum Gasteiger partial charge on any atom is -0.481 e. The molecule has 1 N–H and O–H groups in total. The van der Waals surface area contributed by atoms with Crippen LogP contribution in [0.5, 0.6) is 0 Å². The first-order valence-electron chi connectivity index (χ1n) is 11.4. The summed E-state index contributed by atoms with van der Waals surface area (Å²) in [6.07, 6.45) is 33.4. The van der Waals surface area contributed by atoms with Crippen LogP contribution in [0.2, 0.25) is 0 Å². The normalized spacial score (nSPS) is 13.6. The molecule has 172 valence electrons. The van der Waals surface area contributed by atoms with Gasteiger partial charge in [0.05, 0.1) is 6.61 Å². The summed E-state index contributed by atoms with van der Waals surface area (Å²) in [6, 6.07) is 0. The summed E-state index contributed by atoms with van der Waals surface area (Å²) >= 11 is 0. The number of unbranched alkanes of at least 4 members (excludes halogenated alkanes) is 1. The van der Waals surface area contributed by atoms with E-state index in [1.165, 1.54) is 0 Å². The molecule has 0 aliphatic heterocycles. The van der Waals surface area contributed by atoms with E-state index in [1.807, 2.05) is 6.08 Å². The number of hydrogen-bond acceptors (Lipinski definition) is 3. The Morgan fingerprint density at radius 3 is 1.52 bits per heavy atom. The molecule has 0 rings (SSSR count). The van der Waals surface area contributed by atoms with E-state index in [0.717, 1.165) is 44.9 Å². The lowest BCUT2D eigenvalue weighted by molar-refractivity contribution is -0.158. The molecule has 4 heteroatoms. The Bertz CT molecular complexity index is 636. The Labute approximate surface area is 188 Å². The molecular weight excluding hydrogens is 388 g/mol. The van der Waals surface area contributed by atoms with Crippen molar-refractivity contribution in [2.45, 2.75) is 71.6 Å². The Morgan fingerprint density at radius 1 is 0.710 bits per heavy atom. The Hall–Kier alpha value is -2.62. The van der Waals surface area contributed by atoms with Gasteiger partial charge >= 0.3 is 11.9 Å². The van der Waals surface area contributed by atoms with Gasteiger partial charge in [-0.1, -0.05) is 79.8 Å². The van der Waals surface area contributed by atoms with E-state index in [0.29, 0.717) is 12.8 Å². The molecule has 0 aromatic rings. The van der Waals surface area contributed by atoms with Crippen LogP contribution in [0.25, 0.3) is 0 Å². The number of carbonyl (C=O) groups is 2. The number of hydrogen-bond donors (Lipinski definition) is 1. The maximum Gasteiger partial charge on any atom is 0.320 e. The van der Waals surface area contributed by atoms with Crippen molar-refractivity contribution in [2.24, 2.45) is 5.92 Å². The van der Waals surface area contributed by atoms with Gasteiger partial charge in [-0.15, -0.1) is 0 Å². The molecular formula is C27H40O4. The molecule has 0 aliphatic rings. The summed E-state index contributed by atoms with van der Waals surface area (Å²) in [7, 11) is 0. The molecule has 0 aromatic heterocycles. The molecule has 4 nitrogen and oxygen atoms in total. The zero-order chi connectivity index (χ0) is 23.0. The quantitative estimate of drug-likeness (QED) is 0.109. The number of esters is 1. The molecule has 31 heavy (non-hydrogen) atoms. The number of carboxylic acid groups (broad SMARTS) is 1. The lowest BCUT2D eigenvalue weighted by Gasteiger charge is -2.10. The molecule has 0 aromatic carbocycles. The van der Waals surface area contributed by atoms with E-state index >= 15 is 0 Å². The number of aliphatic carboxylic acids is 1. The minimum atomic E-state index is -1.11. The molecule has 0 amide bonds. The Morgan fingerprint density at radius 2 is 1.13 bits per heavy atom. The Balaban J connectivity index is 3.76. The molecule has 0 bridgehead atoms. The van der Waals surface area contributed by atoms with E-state index < -0.39 is 17.9 Å². The van der Waals surface area contributed by atoms with Gasteiger partial charge in [-0.3, -0.25) is 9.59 Å². The summed E-state index contributed by atoms with van der Waals surface area (Å²) in [4.78, 5) is 22.7. The highest BCUT2D eigenvalue weighted by molar-refractivity contribution is 5.93. The molecule has 0 saturated carbocycles. The predicted octanol–water partition coefficient (Wildman–Crippen LogP) is 7.12. The van der Waals surface area contributed by atoms with E-state index in [9.17, 15) is 9.59 Å². The van der Waals surface area contributed by atoms with Gasteiger partial charge in [0.15, 0.2) is 5.92 Å². The second-order valence-electron chi connectivity index (χ2n) is 6.99. The predicted molar refractivity (Wildman–Crippen MR) is 130 cm³/mol. The lowest BCUT2D eigenvalue weighted by atomic mass is 10.0. The number of carboxylic acids is 1. The first-order valence-corrected chi connectivity index (χ1v) is 11.4. The lowest BCUT2D eigenvalue weighted by Crippen LogP contribution is -2.25. The van der Waals surface area contributed by atoms with Crippen LogP contribution in [0, 0.1) is 5.92 Å². The topological polar surface area (TPSA) is 63.6 Å². The van der Waals surface area contributed by atoms with Gasteiger partial charge in [0.1, 0.15) is 0 Å². The van der Waals surface area contributed by atoms with Crippen LogP contribution in [0.1, 0.15) is 71.6 Å². The largest absolute Gasteiger partial charge is 0.481 e. The van der Waals surface area contributed by atoms with Crippen LogP contribution in [-0.2, 0) is 14.3 Å². The van der Waals surface area contributed by atoms with Gasteiger partial charge in [-0.05, 0) is 64.7 Å². The molecule has 0 heterocycles. The SMILES string of the molecule is CC/C=C\C/C=C\C/C=C\C/C=C\C/C=C\C/C=C\CCCC(C(=O)O)C(=O)OCC. The standard InChI is InChI=1S/C27H40O4/c1-3-5-6-7-8-9-10-11-12-13-14-15-16-17-18-19-20-21-22-23-24-25(26(28)29)27(30)31-4-2/h5-6,8-9,11-12,14-15,17-18,20-21,25H,3-4,7,10,13,16,19,22-24H2,1-2H3,(H,28,29)/b6-5-,9-8-,12-11-,15-14-,18-17-,21-20-. The molecule has 1 atom stereocenters. The summed E-state index contributed by atoms with van der Waals surface area (Å²) in [6.45, 7) is 4.02. The van der Waals surface area contributed by atoms with Crippen LogP contribution < -0.4 is 0 Å². The second-order valence-corrected chi connectivity index (χ2v) is 6.99. The number of rotatable bonds is 18. The van der Waals surface area contributed by atoms with Crippen LogP contribution in [0.3, 0.4) is 0 Å². The first-order chi connectivity index (χ1) is 15.1. The second kappa shape index (κ2) is 22.1. The Kier molecular flexibility index (Phi) is 20.2. The van der Waals surface area contributed by atoms with Gasteiger partial charge in [-0.2, -0.15) is 0 Å². The molecule has 0 radical (unpaired) electrons. The zero-order valence-electron chi connectivity index (χ0n) is 19.2. The van der Waals surface area contributed by atoms with Crippen LogP contribution in [-0.4, -0.2) is 23.7 Å². The summed E-state index contributed by atoms with van der Waals surface area (Å²) < 4.78 is 4.80. The third kappa shape index (κ3) is 19.1. The average molecular weight is 429 g/mol. The van der Waals surface area contributed by atoms with Crippen molar-refractivity contribution in [1.29, 1.82) is 0 Å². The smallest absolute Gasteiger partial charge is 0.320 e. The molecule has 0 fully saturated rings. The van der Waals surface area contributed by atoms with Crippen molar-refractivity contribution >= 4 is 11.9 Å². The summed E-state index contributed by atoms with van der Waals surface area (Å²) in [5.74, 6) is -2.81. The fourth-order valence-electron chi connectivity index (χ4n) is 2.66. The third-order valence-corrected chi connectivity index (χ3v) is 4.33. The maximum absolute atomic E-state index is 11.6. The van der Waals surface area contributed by atoms with Crippen molar-refractivity contribution in [3.63, 3.8) is 0 Å². The molecule has 1 unspecified atom stereocenters. The van der Waals surface area contributed by atoms with Crippen molar-refractivity contribution in [2.75, 3.05) is 6.61 Å². The highest BCUT2D eigenvalue weighted by atomic mass is 16.5. The van der Waals surface area contributed by atoms with Gasteiger partial charge in [0.25, 0.3) is 0 Å². The number of ether oxygens (including phenoxy) is 1. The van der Waals surface area contributed by atoms with E-state index in [-0.39, 0.29) is 6.61 Å². The zero-order valence-corrected chi connectivity index (χ0v) is 19.2. The van der Waals surface area contributed by atoms with Crippen molar-refractivity contribution in [3.8, 4) is 0 Å². The van der Waals surface area contributed by atoms with Crippen molar-refractivity contribution < 1.29 is 19.4 Å². The van der Waals surface area contributed by atoms with Crippen LogP contribution in [0.4, 0.5) is 0 Å². The van der Waals surface area contributed by atoms with Gasteiger partial charge in [-0.25, -0.2) is 0 Å². The highest BCUT2D eigenvalue weighted by Gasteiger charge is 2.26. The number of carbonyl (C=O) groups excluding carboxylic acids is 1. The monoisotopic (exact) mass is 428 g/mol. The van der Waals surface area contributed by atoms with Crippen molar-refractivity contribution in [1.82, 2.24) is 0 Å². The fourth-order valence-corrected chi connectivity index (χ4v) is 2.66. The van der Waals surface area contributed by atoms with Crippen LogP contribution in [0.15, 0.2) is 72.9 Å². The third-order valence-electron chi connectivity index (χ3n) is 4.33. The van der Waals surface area contributed by atoms with Gasteiger partial charge in [0.2, 0.25) is 0 Å². The average Bonchev–Trinajstić information content (AvgIpc) is 2.74. The molecule has 0 spiro atoms. The highest BCUT2D eigenvalue weighted by Crippen LogP contribution is 2.12. The minimum absolute atomic E-state index is 0.204. The molecule has 0 aliphatic carbocycles. The maximum atomic E-state index is 11.6. The first kappa shape index (κ1) is 28.4. The summed E-state index contributed by atoms with van der Waals surface area (Å²) in [5.41, 5.74) is 0. The van der Waals surface area contributed by atoms with Crippen LogP contribution >= 0.6 is 0 Å². The van der Waals surface area contributed by atoms with E-state index in [2.05, 4.69) is 73.8 Å². The van der Waals surface area contributed by atoms with Gasteiger partial charge < -0.3 is 9.84 Å². The number of allylic oxidation sites excluding steroid dienone is 12. The van der Waals surface area contributed by atoms with E-state index in [1.54, 1.807) is 6.92 Å². The van der Waals surface area contributed by atoms with Gasteiger partial charge in [0, 0.05) is 0 Å².